The average molecular weight is 261 g/mol. The summed E-state index contributed by atoms with van der Waals surface area (Å²) in [6.07, 6.45) is 0.412. The molecule has 1 aromatic heterocycles. The van der Waals surface area contributed by atoms with Crippen LogP contribution in [0.15, 0.2) is 28.8 Å². The molecule has 1 amide bonds. The van der Waals surface area contributed by atoms with Gasteiger partial charge in [-0.2, -0.15) is 10.1 Å². The van der Waals surface area contributed by atoms with Crippen LogP contribution in [0.3, 0.4) is 0 Å². The van der Waals surface area contributed by atoms with Crippen molar-refractivity contribution in [2.45, 2.75) is 13.3 Å². The SMILES string of the molecule is CC1CC(=O)NN=C1c1cccc2c1nc[s+]2[O-]. The zero-order valence-corrected chi connectivity index (χ0v) is 10.5. The van der Waals surface area contributed by atoms with Crippen LogP contribution >= 0.6 is 10.8 Å². The first-order valence-corrected chi connectivity index (χ1v) is 6.82. The molecule has 0 saturated heterocycles. The number of hydrogen-bond donors (Lipinski definition) is 1. The lowest BCUT2D eigenvalue weighted by Gasteiger charge is -2.18. The number of nitrogens with one attached hydrogen (secondary N) is 1. The highest BCUT2D eigenvalue weighted by atomic mass is 32.2. The number of nitrogens with zero attached hydrogens (tertiary/aromatic N) is 2. The Labute approximate surface area is 106 Å². The standard InChI is InChI=1S/C12H11N3O2S/c1-7-5-10(16)14-15-11(7)8-3-2-4-9-12(8)13-6-18(9)17/h2-4,6-7H,5H2,1H3,(H,14,16). The molecule has 0 radical (unpaired) electrons. The summed E-state index contributed by atoms with van der Waals surface area (Å²) >= 11 is 0. The van der Waals surface area contributed by atoms with Crippen LogP contribution in [0.4, 0.5) is 0 Å². The van der Waals surface area contributed by atoms with Crippen molar-refractivity contribution in [3.8, 4) is 0 Å². The second-order valence-corrected chi connectivity index (χ2v) is 5.57. The maximum Gasteiger partial charge on any atom is 0.240 e. The minimum Gasteiger partial charge on any atom is -0.589 e. The molecule has 2 atom stereocenters. The van der Waals surface area contributed by atoms with E-state index >= 15 is 0 Å². The normalized spacial score (nSPS) is 20.8. The van der Waals surface area contributed by atoms with Gasteiger partial charge in [0.25, 0.3) is 0 Å². The predicted octanol–water partition coefficient (Wildman–Crippen LogP) is 1.82. The van der Waals surface area contributed by atoms with Gasteiger partial charge in [0.15, 0.2) is 4.70 Å². The van der Waals surface area contributed by atoms with Crippen LogP contribution in [0, 0.1) is 5.92 Å². The third-order valence-electron chi connectivity index (χ3n) is 3.03. The highest BCUT2D eigenvalue weighted by Gasteiger charge is 2.24. The fourth-order valence-corrected chi connectivity index (χ4v) is 3.04. The van der Waals surface area contributed by atoms with Crippen molar-refractivity contribution in [3.63, 3.8) is 0 Å². The molecular weight excluding hydrogens is 250 g/mol. The van der Waals surface area contributed by atoms with Crippen LogP contribution in [0.1, 0.15) is 18.9 Å². The number of hydrogen-bond acceptors (Lipinski definition) is 4. The molecule has 2 unspecified atom stereocenters. The average Bonchev–Trinajstić information content (AvgIpc) is 2.72. The molecule has 92 valence electrons. The van der Waals surface area contributed by atoms with Gasteiger partial charge in [-0.3, -0.25) is 4.79 Å². The van der Waals surface area contributed by atoms with Crippen LogP contribution in [0.25, 0.3) is 10.2 Å². The van der Waals surface area contributed by atoms with Gasteiger partial charge in [0.1, 0.15) is 5.52 Å². The number of benzene rings is 1. The largest absolute Gasteiger partial charge is 0.589 e. The zero-order chi connectivity index (χ0) is 12.7. The molecule has 1 N–H and O–H groups in total. The van der Waals surface area contributed by atoms with E-state index < -0.39 is 10.8 Å². The Balaban J connectivity index is 2.17. The lowest BCUT2D eigenvalue weighted by molar-refractivity contribution is -0.121. The van der Waals surface area contributed by atoms with Crippen molar-refractivity contribution in [2.24, 2.45) is 11.0 Å². The summed E-state index contributed by atoms with van der Waals surface area (Å²) in [4.78, 5) is 15.4. The molecule has 2 heterocycles. The monoisotopic (exact) mass is 261 g/mol. The summed E-state index contributed by atoms with van der Waals surface area (Å²) in [6.45, 7) is 1.95. The number of rotatable bonds is 1. The van der Waals surface area contributed by atoms with Gasteiger partial charge in [-0.25, -0.2) is 5.43 Å². The summed E-state index contributed by atoms with van der Waals surface area (Å²) in [5, 5.41) is 4.11. The van der Waals surface area contributed by atoms with E-state index in [0.29, 0.717) is 16.6 Å². The predicted molar refractivity (Wildman–Crippen MR) is 68.9 cm³/mol. The number of thiazole rings is 1. The number of hydrazone groups is 1. The second-order valence-electron chi connectivity index (χ2n) is 4.32. The fraction of sp³-hybridized carbons (Fsp3) is 0.250. The second kappa shape index (κ2) is 4.15. The molecule has 1 aliphatic rings. The Morgan fingerprint density at radius 1 is 1.50 bits per heavy atom. The molecule has 2 aromatic rings. The van der Waals surface area contributed by atoms with E-state index in [-0.39, 0.29) is 11.8 Å². The Hall–Kier alpha value is -1.79. The molecule has 5 nitrogen and oxygen atoms in total. The smallest absolute Gasteiger partial charge is 0.240 e. The molecule has 0 bridgehead atoms. The maximum atomic E-state index is 11.7. The van der Waals surface area contributed by atoms with E-state index in [9.17, 15) is 9.35 Å². The van der Waals surface area contributed by atoms with Crippen LogP contribution < -0.4 is 5.43 Å². The highest BCUT2D eigenvalue weighted by Crippen LogP contribution is 2.30. The Bertz CT molecular complexity index is 662. The van der Waals surface area contributed by atoms with E-state index in [1.165, 1.54) is 5.51 Å². The minimum absolute atomic E-state index is 0.0366. The number of amides is 1. The topological polar surface area (TPSA) is 77.4 Å². The number of carbonyl (C=O) groups is 1. The number of aromatic nitrogens is 1. The van der Waals surface area contributed by atoms with Gasteiger partial charge < -0.3 is 4.55 Å². The van der Waals surface area contributed by atoms with Gasteiger partial charge in [-0.15, -0.1) is 0 Å². The van der Waals surface area contributed by atoms with Crippen LogP contribution in [-0.4, -0.2) is 21.2 Å². The Kier molecular flexibility index (Phi) is 2.61. The first-order valence-electron chi connectivity index (χ1n) is 5.61. The summed E-state index contributed by atoms with van der Waals surface area (Å²) in [5.74, 6) is -0.0413. The minimum atomic E-state index is -1.16. The van der Waals surface area contributed by atoms with Gasteiger partial charge in [-0.05, 0) is 10.8 Å². The first-order chi connectivity index (χ1) is 8.66. The van der Waals surface area contributed by atoms with Gasteiger partial charge in [0.2, 0.25) is 11.4 Å². The number of para-hydroxylation sites is 1. The number of carbonyl (C=O) groups excluding carboxylic acids is 1. The number of fused-ring (bicyclic) bond motifs is 1. The summed E-state index contributed by atoms with van der Waals surface area (Å²) in [6, 6.07) is 5.53. The van der Waals surface area contributed by atoms with Gasteiger partial charge in [-0.1, -0.05) is 19.1 Å². The van der Waals surface area contributed by atoms with Crippen molar-refractivity contribution in [3.05, 3.63) is 29.3 Å². The summed E-state index contributed by atoms with van der Waals surface area (Å²) < 4.78 is 12.4. The Morgan fingerprint density at radius 3 is 3.11 bits per heavy atom. The third-order valence-corrected chi connectivity index (χ3v) is 4.09. The molecule has 6 heteroatoms. The van der Waals surface area contributed by atoms with Gasteiger partial charge in [0, 0.05) is 24.0 Å². The zero-order valence-electron chi connectivity index (χ0n) is 9.71. The molecule has 0 saturated carbocycles. The fourth-order valence-electron chi connectivity index (χ4n) is 2.16. The van der Waals surface area contributed by atoms with Crippen molar-refractivity contribution in [1.82, 2.24) is 10.4 Å². The molecule has 1 aliphatic heterocycles. The quantitative estimate of drug-likeness (QED) is 0.795. The molecule has 1 aromatic carbocycles. The van der Waals surface area contributed by atoms with Crippen molar-refractivity contribution in [1.29, 1.82) is 0 Å². The lowest BCUT2D eigenvalue weighted by atomic mass is 9.93. The van der Waals surface area contributed by atoms with Crippen LogP contribution in [0.5, 0.6) is 0 Å². The Morgan fingerprint density at radius 2 is 2.33 bits per heavy atom. The van der Waals surface area contributed by atoms with E-state index in [1.54, 1.807) is 6.07 Å². The third kappa shape index (κ3) is 1.70. The molecule has 0 fully saturated rings. The summed E-state index contributed by atoms with van der Waals surface area (Å²) in [5.41, 5.74) is 6.27. The highest BCUT2D eigenvalue weighted by molar-refractivity contribution is 7.29. The molecule has 18 heavy (non-hydrogen) atoms. The van der Waals surface area contributed by atoms with E-state index in [0.717, 1.165) is 11.3 Å². The van der Waals surface area contributed by atoms with Crippen molar-refractivity contribution < 1.29 is 9.35 Å². The summed E-state index contributed by atoms with van der Waals surface area (Å²) in [7, 11) is -1.16. The van der Waals surface area contributed by atoms with Crippen LogP contribution in [-0.2, 0) is 4.79 Å². The molecule has 0 aliphatic carbocycles. The molecular formula is C12H11N3O2S. The first kappa shape index (κ1) is 11.3. The van der Waals surface area contributed by atoms with E-state index in [2.05, 4.69) is 15.5 Å². The lowest BCUT2D eigenvalue weighted by Crippen LogP contribution is -2.32. The van der Waals surface area contributed by atoms with E-state index in [1.807, 2.05) is 19.1 Å². The molecule has 3 rings (SSSR count). The van der Waals surface area contributed by atoms with Gasteiger partial charge in [0.05, 0.1) is 5.71 Å². The van der Waals surface area contributed by atoms with Gasteiger partial charge >= 0.3 is 0 Å². The molecule has 0 spiro atoms. The maximum absolute atomic E-state index is 11.7. The van der Waals surface area contributed by atoms with E-state index in [4.69, 9.17) is 0 Å². The van der Waals surface area contributed by atoms with Crippen molar-refractivity contribution in [2.75, 3.05) is 0 Å². The van der Waals surface area contributed by atoms with Crippen LogP contribution in [0.2, 0.25) is 0 Å². The van der Waals surface area contributed by atoms with Crippen molar-refractivity contribution >= 4 is 32.6 Å².